The molecule has 2 aromatic rings. The van der Waals surface area contributed by atoms with Gasteiger partial charge in [-0.25, -0.2) is 0 Å². The zero-order chi connectivity index (χ0) is 23.0. The number of hydrogen-bond acceptors (Lipinski definition) is 7. The van der Waals surface area contributed by atoms with Crippen LogP contribution in [0, 0.1) is 12.3 Å². The van der Waals surface area contributed by atoms with Crippen LogP contribution in [-0.4, -0.2) is 62.4 Å². The van der Waals surface area contributed by atoms with E-state index in [0.29, 0.717) is 5.54 Å². The number of piperazine rings is 1. The first-order valence-electron chi connectivity index (χ1n) is 11.3. The molecule has 4 rings (SSSR count). The Morgan fingerprint density at radius 3 is 2.42 bits per heavy atom. The number of likely N-dealkylation sites (N-methyl/N-ethyl adjacent to an activating group) is 1. The molecule has 7 heteroatoms. The summed E-state index contributed by atoms with van der Waals surface area (Å²) >= 11 is 1.74. The molecule has 172 valence electrons. The summed E-state index contributed by atoms with van der Waals surface area (Å²) in [5.74, 6) is 3.18. The quantitative estimate of drug-likeness (QED) is 0.504. The van der Waals surface area contributed by atoms with Gasteiger partial charge in [-0.2, -0.15) is 0 Å². The van der Waals surface area contributed by atoms with Gasteiger partial charge in [-0.15, -0.1) is 12.3 Å². The number of terminal acetylenes is 1. The van der Waals surface area contributed by atoms with Gasteiger partial charge in [0.15, 0.2) is 11.4 Å². The molecule has 1 saturated heterocycles. The van der Waals surface area contributed by atoms with Crippen LogP contribution in [0.1, 0.15) is 47.5 Å². The van der Waals surface area contributed by atoms with Gasteiger partial charge in [0.25, 0.3) is 0 Å². The molecule has 0 spiro atoms. The topological polar surface area (TPSA) is 47.8 Å². The lowest BCUT2D eigenvalue weighted by Crippen LogP contribution is -2.44. The van der Waals surface area contributed by atoms with Crippen LogP contribution in [0.15, 0.2) is 21.6 Å². The SMILES string of the molecule is C#CC.CC.CCN(C)c1noc2c(N3CCN(C)CC3)cc(SNC3(C)CC3)cc12. The van der Waals surface area contributed by atoms with Gasteiger partial charge in [-0.1, -0.05) is 19.0 Å². The van der Waals surface area contributed by atoms with Crippen molar-refractivity contribution in [2.75, 3.05) is 56.6 Å². The van der Waals surface area contributed by atoms with Gasteiger partial charge in [0.05, 0.1) is 11.1 Å². The van der Waals surface area contributed by atoms with E-state index in [4.69, 9.17) is 4.52 Å². The summed E-state index contributed by atoms with van der Waals surface area (Å²) in [6.07, 6.45) is 7.11. The van der Waals surface area contributed by atoms with Crippen molar-refractivity contribution in [1.29, 1.82) is 0 Å². The predicted octanol–water partition coefficient (Wildman–Crippen LogP) is 4.85. The van der Waals surface area contributed by atoms with Crippen molar-refractivity contribution >= 4 is 34.4 Å². The van der Waals surface area contributed by atoms with Crippen LogP contribution < -0.4 is 14.5 Å². The number of hydrogen-bond donors (Lipinski definition) is 1. The van der Waals surface area contributed by atoms with Crippen molar-refractivity contribution in [2.24, 2.45) is 0 Å². The maximum Gasteiger partial charge on any atom is 0.192 e. The van der Waals surface area contributed by atoms with Gasteiger partial charge in [-0.3, -0.25) is 4.72 Å². The van der Waals surface area contributed by atoms with Gasteiger partial charge >= 0.3 is 0 Å². The molecular formula is C24H39N5OS. The monoisotopic (exact) mass is 445 g/mol. The fourth-order valence-electron chi connectivity index (χ4n) is 3.23. The molecule has 1 aliphatic heterocycles. The van der Waals surface area contributed by atoms with Gasteiger partial charge in [0, 0.05) is 50.2 Å². The largest absolute Gasteiger partial charge is 0.366 e. The zero-order valence-corrected chi connectivity index (χ0v) is 21.1. The standard InChI is InChI=1S/C19H29N5OS.C3H4.C2H6/c1-5-23(4)18-15-12-14(26-21-19(2)6-7-19)13-16(17(15)25-20-18)24-10-8-22(3)9-11-24;1-3-2;1-2/h12-13,21H,5-11H2,1-4H3;1H,2H3;1-2H3. The molecule has 2 fully saturated rings. The van der Waals surface area contributed by atoms with Crippen LogP contribution in [-0.2, 0) is 0 Å². The third-order valence-electron chi connectivity index (χ3n) is 5.60. The Labute approximate surface area is 192 Å². The molecule has 2 aliphatic rings. The number of nitrogens with zero attached hydrogens (tertiary/aromatic N) is 4. The van der Waals surface area contributed by atoms with Crippen molar-refractivity contribution in [2.45, 2.75) is 57.9 Å². The van der Waals surface area contributed by atoms with Crippen molar-refractivity contribution in [3.63, 3.8) is 0 Å². The van der Waals surface area contributed by atoms with E-state index in [1.165, 1.54) is 23.4 Å². The molecule has 0 unspecified atom stereocenters. The molecule has 0 bridgehead atoms. The Morgan fingerprint density at radius 1 is 1.26 bits per heavy atom. The fourth-order valence-corrected chi connectivity index (χ4v) is 4.14. The lowest BCUT2D eigenvalue weighted by atomic mass is 10.2. The van der Waals surface area contributed by atoms with E-state index >= 15 is 0 Å². The molecule has 2 heterocycles. The van der Waals surface area contributed by atoms with Crippen LogP contribution in [0.4, 0.5) is 11.5 Å². The number of fused-ring (bicyclic) bond motifs is 1. The van der Waals surface area contributed by atoms with Crippen molar-refractivity contribution in [3.05, 3.63) is 12.1 Å². The summed E-state index contributed by atoms with van der Waals surface area (Å²) in [5, 5.41) is 5.49. The highest BCUT2D eigenvalue weighted by Crippen LogP contribution is 2.41. The average molecular weight is 446 g/mol. The Kier molecular flexibility index (Phi) is 9.54. The third-order valence-corrected chi connectivity index (χ3v) is 6.67. The zero-order valence-electron chi connectivity index (χ0n) is 20.3. The van der Waals surface area contributed by atoms with Crippen LogP contribution in [0.3, 0.4) is 0 Å². The number of aromatic nitrogens is 1. The van der Waals surface area contributed by atoms with Crippen molar-refractivity contribution in [3.8, 4) is 12.3 Å². The molecular weight excluding hydrogens is 406 g/mol. The lowest BCUT2D eigenvalue weighted by Gasteiger charge is -2.34. The smallest absolute Gasteiger partial charge is 0.192 e. The van der Waals surface area contributed by atoms with E-state index in [1.54, 1.807) is 18.9 Å². The van der Waals surface area contributed by atoms with Gasteiger partial charge in [0.2, 0.25) is 0 Å². The Bertz CT molecular complexity index is 863. The Hall–Kier alpha value is -1.88. The normalized spacial score (nSPS) is 17.2. The van der Waals surface area contributed by atoms with E-state index in [2.05, 4.69) is 77.0 Å². The Morgan fingerprint density at radius 2 is 1.87 bits per heavy atom. The van der Waals surface area contributed by atoms with Crippen LogP contribution in [0.5, 0.6) is 0 Å². The summed E-state index contributed by atoms with van der Waals surface area (Å²) in [7, 11) is 4.25. The molecule has 1 saturated carbocycles. The molecule has 6 nitrogen and oxygen atoms in total. The van der Waals surface area contributed by atoms with Crippen LogP contribution in [0.25, 0.3) is 11.0 Å². The second kappa shape index (κ2) is 11.7. The Balaban J connectivity index is 0.000000630. The molecule has 0 amide bonds. The number of rotatable bonds is 6. The summed E-state index contributed by atoms with van der Waals surface area (Å²) in [4.78, 5) is 8.18. The molecule has 1 N–H and O–H groups in total. The second-order valence-electron chi connectivity index (χ2n) is 8.18. The van der Waals surface area contributed by atoms with Crippen molar-refractivity contribution in [1.82, 2.24) is 14.8 Å². The third kappa shape index (κ3) is 6.55. The summed E-state index contributed by atoms with van der Waals surface area (Å²) in [5.41, 5.74) is 2.38. The second-order valence-corrected chi connectivity index (χ2v) is 9.06. The molecule has 0 radical (unpaired) electrons. The fraction of sp³-hybridized carbons (Fsp3) is 0.625. The number of benzene rings is 1. The van der Waals surface area contributed by atoms with Gasteiger partial charge < -0.3 is 19.2 Å². The van der Waals surface area contributed by atoms with Crippen molar-refractivity contribution < 1.29 is 4.52 Å². The van der Waals surface area contributed by atoms with E-state index in [1.807, 2.05) is 13.8 Å². The maximum atomic E-state index is 5.82. The molecule has 1 aromatic heterocycles. The minimum atomic E-state index is 0.297. The highest BCUT2D eigenvalue weighted by Gasteiger charge is 2.37. The maximum absolute atomic E-state index is 5.82. The number of nitrogens with one attached hydrogen (secondary N) is 1. The molecule has 1 aliphatic carbocycles. The first kappa shape index (κ1) is 25.4. The number of anilines is 2. The van der Waals surface area contributed by atoms with Crippen LogP contribution in [0.2, 0.25) is 0 Å². The highest BCUT2D eigenvalue weighted by atomic mass is 32.2. The minimum Gasteiger partial charge on any atom is -0.366 e. The lowest BCUT2D eigenvalue weighted by molar-refractivity contribution is 0.312. The summed E-state index contributed by atoms with van der Waals surface area (Å²) in [6, 6.07) is 4.48. The molecule has 1 aromatic carbocycles. The van der Waals surface area contributed by atoms with Gasteiger partial charge in [0.1, 0.15) is 0 Å². The van der Waals surface area contributed by atoms with E-state index < -0.39 is 0 Å². The van der Waals surface area contributed by atoms with E-state index in [-0.39, 0.29) is 0 Å². The molecule has 0 atom stereocenters. The van der Waals surface area contributed by atoms with E-state index in [9.17, 15) is 0 Å². The van der Waals surface area contributed by atoms with E-state index in [0.717, 1.165) is 49.5 Å². The predicted molar refractivity (Wildman–Crippen MR) is 135 cm³/mol. The van der Waals surface area contributed by atoms with Crippen LogP contribution >= 0.6 is 11.9 Å². The highest BCUT2D eigenvalue weighted by molar-refractivity contribution is 7.97. The van der Waals surface area contributed by atoms with Gasteiger partial charge in [-0.05, 0) is 64.7 Å². The first-order chi connectivity index (χ1) is 14.9. The summed E-state index contributed by atoms with van der Waals surface area (Å²) < 4.78 is 9.45. The molecule has 31 heavy (non-hydrogen) atoms. The minimum absolute atomic E-state index is 0.297. The first-order valence-corrected chi connectivity index (χ1v) is 12.1. The average Bonchev–Trinajstić information content (AvgIpc) is 3.37. The summed E-state index contributed by atoms with van der Waals surface area (Å²) in [6.45, 7) is 15.2.